The Morgan fingerprint density at radius 3 is 2.71 bits per heavy atom. The predicted molar refractivity (Wildman–Crippen MR) is 94.9 cm³/mol. The Labute approximate surface area is 141 Å². The molecule has 2 aliphatic rings. The first-order valence-electron chi connectivity index (χ1n) is 8.55. The summed E-state index contributed by atoms with van der Waals surface area (Å²) in [6.07, 6.45) is 8.32. The minimum absolute atomic E-state index is 0.0675. The third-order valence-corrected chi connectivity index (χ3v) is 4.63. The molecule has 0 radical (unpaired) electrons. The number of benzene rings is 1. The van der Waals surface area contributed by atoms with Gasteiger partial charge in [-0.15, -0.1) is 0 Å². The van der Waals surface area contributed by atoms with Gasteiger partial charge in [-0.05, 0) is 30.5 Å². The molecule has 2 aromatic rings. The summed E-state index contributed by atoms with van der Waals surface area (Å²) < 4.78 is 11.6. The van der Waals surface area contributed by atoms with Gasteiger partial charge in [-0.1, -0.05) is 30.4 Å². The van der Waals surface area contributed by atoms with E-state index in [1.165, 1.54) is 0 Å². The van der Waals surface area contributed by atoms with Gasteiger partial charge in [0.1, 0.15) is 11.3 Å². The first-order chi connectivity index (χ1) is 11.8. The molecule has 1 fully saturated rings. The fourth-order valence-electron chi connectivity index (χ4n) is 3.35. The van der Waals surface area contributed by atoms with Crippen LogP contribution in [0.15, 0.2) is 51.7 Å². The summed E-state index contributed by atoms with van der Waals surface area (Å²) in [6, 6.07) is 7.50. The molecule has 0 amide bonds. The van der Waals surface area contributed by atoms with Gasteiger partial charge in [0.2, 0.25) is 5.43 Å². The number of fused-ring (bicyclic) bond motifs is 1. The van der Waals surface area contributed by atoms with E-state index in [1.807, 2.05) is 30.3 Å². The molecule has 0 bridgehead atoms. The summed E-state index contributed by atoms with van der Waals surface area (Å²) in [4.78, 5) is 15.4. The van der Waals surface area contributed by atoms with Gasteiger partial charge < -0.3 is 9.15 Å². The van der Waals surface area contributed by atoms with E-state index < -0.39 is 0 Å². The molecule has 0 unspecified atom stereocenters. The van der Waals surface area contributed by atoms with Gasteiger partial charge in [-0.25, -0.2) is 0 Å². The van der Waals surface area contributed by atoms with E-state index in [-0.39, 0.29) is 5.43 Å². The molecule has 4 nitrogen and oxygen atoms in total. The Bertz CT molecular complexity index is 857. The van der Waals surface area contributed by atoms with Crippen molar-refractivity contribution in [2.45, 2.75) is 19.4 Å². The molecule has 4 heteroatoms. The van der Waals surface area contributed by atoms with E-state index >= 15 is 0 Å². The van der Waals surface area contributed by atoms with Crippen LogP contribution in [0.1, 0.15) is 24.2 Å². The number of para-hydroxylation sites is 1. The SMILES string of the molecule is O=c1c(C2=CCCC=C2)c(CN2CCOCC2)oc2ccccc12. The van der Waals surface area contributed by atoms with Crippen LogP contribution in [-0.4, -0.2) is 31.2 Å². The lowest BCUT2D eigenvalue weighted by Gasteiger charge is -2.26. The van der Waals surface area contributed by atoms with Crippen LogP contribution < -0.4 is 5.43 Å². The molecule has 1 aromatic heterocycles. The highest BCUT2D eigenvalue weighted by Crippen LogP contribution is 2.26. The molecule has 1 aliphatic carbocycles. The quantitative estimate of drug-likeness (QED) is 0.869. The predicted octanol–water partition coefficient (Wildman–Crippen LogP) is 3.36. The number of nitrogens with zero attached hydrogens (tertiary/aromatic N) is 1. The Morgan fingerprint density at radius 1 is 1.08 bits per heavy atom. The minimum atomic E-state index is 0.0675. The summed E-state index contributed by atoms with van der Waals surface area (Å²) in [6.45, 7) is 3.84. The van der Waals surface area contributed by atoms with E-state index in [2.05, 4.69) is 17.1 Å². The van der Waals surface area contributed by atoms with Crippen LogP contribution in [0.4, 0.5) is 0 Å². The number of rotatable bonds is 3. The van der Waals surface area contributed by atoms with E-state index in [0.717, 1.165) is 56.0 Å². The number of morpholine rings is 1. The van der Waals surface area contributed by atoms with Gasteiger partial charge in [-0.2, -0.15) is 0 Å². The molecular formula is C20H21NO3. The van der Waals surface area contributed by atoms with E-state index in [9.17, 15) is 4.79 Å². The van der Waals surface area contributed by atoms with Gasteiger partial charge in [0, 0.05) is 13.1 Å². The van der Waals surface area contributed by atoms with Gasteiger partial charge in [0.15, 0.2) is 0 Å². The molecule has 0 atom stereocenters. The normalized spacial score (nSPS) is 18.8. The lowest BCUT2D eigenvalue weighted by atomic mass is 9.97. The lowest BCUT2D eigenvalue weighted by molar-refractivity contribution is 0.0313. The molecular weight excluding hydrogens is 302 g/mol. The van der Waals surface area contributed by atoms with Crippen molar-refractivity contribution >= 4 is 16.5 Å². The molecule has 2 heterocycles. The highest BCUT2D eigenvalue weighted by atomic mass is 16.5. The minimum Gasteiger partial charge on any atom is -0.459 e. The standard InChI is InChI=1S/C20H21NO3/c22-20-16-8-4-5-9-17(16)24-18(14-21-10-12-23-13-11-21)19(20)15-6-2-1-3-7-15/h2,4-9H,1,3,10-14H2. The van der Waals surface area contributed by atoms with Crippen molar-refractivity contribution in [3.05, 3.63) is 64.0 Å². The number of hydrogen-bond donors (Lipinski definition) is 0. The molecule has 4 rings (SSSR count). The smallest absolute Gasteiger partial charge is 0.200 e. The number of hydrogen-bond acceptors (Lipinski definition) is 4. The zero-order valence-electron chi connectivity index (χ0n) is 13.7. The molecule has 0 saturated carbocycles. The lowest BCUT2D eigenvalue weighted by Crippen LogP contribution is -2.36. The molecule has 124 valence electrons. The van der Waals surface area contributed by atoms with Crippen molar-refractivity contribution < 1.29 is 9.15 Å². The Hall–Kier alpha value is -2.17. The van der Waals surface area contributed by atoms with Crippen LogP contribution in [0.25, 0.3) is 16.5 Å². The van der Waals surface area contributed by atoms with Gasteiger partial charge in [-0.3, -0.25) is 9.69 Å². The second-order valence-corrected chi connectivity index (χ2v) is 6.25. The fraction of sp³-hybridized carbons (Fsp3) is 0.350. The molecule has 1 aromatic carbocycles. The van der Waals surface area contributed by atoms with Crippen molar-refractivity contribution in [3.8, 4) is 0 Å². The monoisotopic (exact) mass is 323 g/mol. The first kappa shape index (κ1) is 15.4. The highest BCUT2D eigenvalue weighted by molar-refractivity contribution is 5.84. The van der Waals surface area contributed by atoms with E-state index in [1.54, 1.807) is 0 Å². The molecule has 1 saturated heterocycles. The maximum Gasteiger partial charge on any atom is 0.200 e. The van der Waals surface area contributed by atoms with Crippen LogP contribution >= 0.6 is 0 Å². The van der Waals surface area contributed by atoms with Crippen LogP contribution in [0.3, 0.4) is 0 Å². The molecule has 0 N–H and O–H groups in total. The van der Waals surface area contributed by atoms with Crippen molar-refractivity contribution in [1.29, 1.82) is 0 Å². The molecule has 0 spiro atoms. The molecule has 24 heavy (non-hydrogen) atoms. The van der Waals surface area contributed by atoms with Crippen molar-refractivity contribution in [1.82, 2.24) is 4.90 Å². The van der Waals surface area contributed by atoms with Gasteiger partial charge in [0.25, 0.3) is 0 Å². The average molecular weight is 323 g/mol. The third kappa shape index (κ3) is 2.95. The van der Waals surface area contributed by atoms with Crippen molar-refractivity contribution in [3.63, 3.8) is 0 Å². The summed E-state index contributed by atoms with van der Waals surface area (Å²) in [7, 11) is 0. The molecule has 1 aliphatic heterocycles. The zero-order chi connectivity index (χ0) is 16.4. The Kier molecular flexibility index (Phi) is 4.32. The van der Waals surface area contributed by atoms with Crippen molar-refractivity contribution in [2.24, 2.45) is 0 Å². The maximum absolute atomic E-state index is 13.1. The Balaban J connectivity index is 1.84. The van der Waals surface area contributed by atoms with Crippen LogP contribution in [0.5, 0.6) is 0 Å². The maximum atomic E-state index is 13.1. The van der Waals surface area contributed by atoms with E-state index in [4.69, 9.17) is 9.15 Å². The third-order valence-electron chi connectivity index (χ3n) is 4.63. The topological polar surface area (TPSA) is 42.7 Å². The number of allylic oxidation sites excluding steroid dienone is 4. The Morgan fingerprint density at radius 2 is 1.92 bits per heavy atom. The van der Waals surface area contributed by atoms with E-state index in [0.29, 0.717) is 17.5 Å². The second-order valence-electron chi connectivity index (χ2n) is 6.25. The first-order valence-corrected chi connectivity index (χ1v) is 8.55. The van der Waals surface area contributed by atoms with Gasteiger partial charge >= 0.3 is 0 Å². The van der Waals surface area contributed by atoms with Crippen LogP contribution in [0.2, 0.25) is 0 Å². The largest absolute Gasteiger partial charge is 0.459 e. The fourth-order valence-corrected chi connectivity index (χ4v) is 3.35. The average Bonchev–Trinajstić information content (AvgIpc) is 2.64. The zero-order valence-corrected chi connectivity index (χ0v) is 13.7. The number of ether oxygens (including phenoxy) is 1. The van der Waals surface area contributed by atoms with Crippen LogP contribution in [0, 0.1) is 0 Å². The summed E-state index contributed by atoms with van der Waals surface area (Å²) in [5, 5.41) is 0.651. The summed E-state index contributed by atoms with van der Waals surface area (Å²) in [5.74, 6) is 0.762. The van der Waals surface area contributed by atoms with Crippen molar-refractivity contribution in [2.75, 3.05) is 26.3 Å². The summed E-state index contributed by atoms with van der Waals surface area (Å²) in [5.41, 5.74) is 2.44. The highest BCUT2D eigenvalue weighted by Gasteiger charge is 2.20. The second kappa shape index (κ2) is 6.75. The van der Waals surface area contributed by atoms with Gasteiger partial charge in [0.05, 0.1) is 30.7 Å². The summed E-state index contributed by atoms with van der Waals surface area (Å²) >= 11 is 0. The van der Waals surface area contributed by atoms with Crippen LogP contribution in [-0.2, 0) is 11.3 Å².